The third-order valence-corrected chi connectivity index (χ3v) is 3.54. The fraction of sp³-hybridized carbons (Fsp3) is 0.0625. The zero-order valence-corrected chi connectivity index (χ0v) is 10.9. The van der Waals surface area contributed by atoms with Crippen LogP contribution in [0.3, 0.4) is 0 Å². The van der Waals surface area contributed by atoms with E-state index in [1.54, 1.807) is 18.5 Å². The van der Waals surface area contributed by atoms with Gasteiger partial charge in [-0.2, -0.15) is 0 Å². The van der Waals surface area contributed by atoms with Crippen molar-refractivity contribution >= 4 is 22.4 Å². The Morgan fingerprint density at radius 2 is 1.63 bits per heavy atom. The number of rotatable bonds is 2. The van der Waals surface area contributed by atoms with Gasteiger partial charge in [0.1, 0.15) is 6.10 Å². The van der Waals surface area contributed by atoms with Crippen LogP contribution in [0, 0.1) is 0 Å². The number of halogens is 1. The van der Waals surface area contributed by atoms with Gasteiger partial charge in [0.15, 0.2) is 0 Å². The number of aliphatic hydroxyl groups excluding tert-OH is 1. The highest BCUT2D eigenvalue weighted by Gasteiger charge is 2.16. The van der Waals surface area contributed by atoms with Crippen LogP contribution in [0.25, 0.3) is 10.8 Å². The monoisotopic (exact) mass is 269 g/mol. The van der Waals surface area contributed by atoms with E-state index in [1.807, 2.05) is 42.5 Å². The molecule has 0 aliphatic heterocycles. The Balaban J connectivity index is 2.17. The number of hydrogen-bond acceptors (Lipinski definition) is 2. The molecule has 1 aromatic heterocycles. The first-order valence-corrected chi connectivity index (χ1v) is 6.40. The fourth-order valence-corrected chi connectivity index (χ4v) is 2.46. The van der Waals surface area contributed by atoms with Gasteiger partial charge < -0.3 is 5.11 Å². The van der Waals surface area contributed by atoms with E-state index in [1.165, 1.54) is 0 Å². The Morgan fingerprint density at radius 3 is 2.47 bits per heavy atom. The standard InChI is InChI=1S/C16H12ClNO/c17-15-8-4-3-7-13(15)16(19)14-10-18-9-11-5-1-2-6-12(11)14/h1-10,16,19H. The van der Waals surface area contributed by atoms with Crippen LogP contribution < -0.4 is 0 Å². The van der Waals surface area contributed by atoms with Crippen LogP contribution in [0.5, 0.6) is 0 Å². The lowest BCUT2D eigenvalue weighted by Gasteiger charge is -2.14. The molecule has 1 atom stereocenters. The average Bonchev–Trinajstić information content (AvgIpc) is 2.46. The lowest BCUT2D eigenvalue weighted by Crippen LogP contribution is -2.02. The third-order valence-electron chi connectivity index (χ3n) is 3.19. The molecule has 1 N–H and O–H groups in total. The number of aromatic nitrogens is 1. The molecule has 2 nitrogen and oxygen atoms in total. The Labute approximate surface area is 116 Å². The minimum absolute atomic E-state index is 0.558. The zero-order valence-electron chi connectivity index (χ0n) is 10.1. The molecule has 19 heavy (non-hydrogen) atoms. The van der Waals surface area contributed by atoms with Crippen LogP contribution >= 0.6 is 11.6 Å². The normalized spacial score (nSPS) is 12.5. The number of aliphatic hydroxyl groups is 1. The fourth-order valence-electron chi connectivity index (χ4n) is 2.22. The van der Waals surface area contributed by atoms with Crippen LogP contribution in [-0.2, 0) is 0 Å². The van der Waals surface area contributed by atoms with Crippen molar-refractivity contribution in [2.45, 2.75) is 6.10 Å². The van der Waals surface area contributed by atoms with E-state index in [9.17, 15) is 5.11 Å². The predicted octanol–water partition coefficient (Wildman–Crippen LogP) is 3.97. The Morgan fingerprint density at radius 1 is 0.895 bits per heavy atom. The highest BCUT2D eigenvalue weighted by molar-refractivity contribution is 6.31. The summed E-state index contributed by atoms with van der Waals surface area (Å²) < 4.78 is 0. The van der Waals surface area contributed by atoms with Gasteiger partial charge in [-0.25, -0.2) is 0 Å². The van der Waals surface area contributed by atoms with Gasteiger partial charge in [-0.3, -0.25) is 4.98 Å². The predicted molar refractivity (Wildman–Crippen MR) is 77.3 cm³/mol. The summed E-state index contributed by atoms with van der Waals surface area (Å²) in [6.07, 6.45) is 2.71. The smallest absolute Gasteiger partial charge is 0.108 e. The molecule has 0 bridgehead atoms. The van der Waals surface area contributed by atoms with Gasteiger partial charge >= 0.3 is 0 Å². The molecule has 2 aromatic carbocycles. The molecule has 0 aliphatic carbocycles. The second kappa shape index (κ2) is 5.00. The number of hydrogen-bond donors (Lipinski definition) is 1. The molecule has 0 aliphatic rings. The summed E-state index contributed by atoms with van der Waals surface area (Å²) in [5.74, 6) is 0. The molecule has 0 fully saturated rings. The third kappa shape index (κ3) is 2.21. The van der Waals surface area contributed by atoms with Crippen LogP contribution in [-0.4, -0.2) is 10.1 Å². The van der Waals surface area contributed by atoms with E-state index in [-0.39, 0.29) is 0 Å². The molecule has 3 rings (SSSR count). The second-order valence-corrected chi connectivity index (χ2v) is 4.78. The van der Waals surface area contributed by atoms with Crippen molar-refractivity contribution in [3.05, 3.63) is 77.1 Å². The maximum Gasteiger partial charge on any atom is 0.108 e. The van der Waals surface area contributed by atoms with Crippen molar-refractivity contribution in [2.24, 2.45) is 0 Å². The van der Waals surface area contributed by atoms with Crippen molar-refractivity contribution < 1.29 is 5.11 Å². The van der Waals surface area contributed by atoms with Gasteiger partial charge in [-0.15, -0.1) is 0 Å². The summed E-state index contributed by atoms with van der Waals surface area (Å²) in [6, 6.07) is 15.2. The largest absolute Gasteiger partial charge is 0.384 e. The average molecular weight is 270 g/mol. The maximum absolute atomic E-state index is 10.5. The first kappa shape index (κ1) is 12.2. The molecule has 0 radical (unpaired) electrons. The van der Waals surface area contributed by atoms with Crippen molar-refractivity contribution in [1.82, 2.24) is 4.98 Å². The zero-order chi connectivity index (χ0) is 13.2. The molecule has 1 unspecified atom stereocenters. The Hall–Kier alpha value is -1.90. The number of nitrogens with zero attached hydrogens (tertiary/aromatic N) is 1. The molecule has 1 heterocycles. The molecular weight excluding hydrogens is 258 g/mol. The van der Waals surface area contributed by atoms with Crippen molar-refractivity contribution in [1.29, 1.82) is 0 Å². The van der Waals surface area contributed by atoms with Crippen LogP contribution in [0.1, 0.15) is 17.2 Å². The van der Waals surface area contributed by atoms with E-state index < -0.39 is 6.10 Å². The van der Waals surface area contributed by atoms with E-state index in [2.05, 4.69) is 4.98 Å². The quantitative estimate of drug-likeness (QED) is 0.764. The maximum atomic E-state index is 10.5. The second-order valence-electron chi connectivity index (χ2n) is 4.37. The van der Waals surface area contributed by atoms with E-state index in [0.717, 1.165) is 16.3 Å². The summed E-state index contributed by atoms with van der Waals surface area (Å²) in [5, 5.41) is 13.1. The molecule has 0 saturated heterocycles. The summed E-state index contributed by atoms with van der Waals surface area (Å²) in [5.41, 5.74) is 1.47. The molecule has 0 spiro atoms. The molecule has 0 saturated carbocycles. The van der Waals surface area contributed by atoms with Gasteiger partial charge in [0.25, 0.3) is 0 Å². The van der Waals surface area contributed by atoms with E-state index in [0.29, 0.717) is 10.6 Å². The van der Waals surface area contributed by atoms with Crippen LogP contribution in [0.15, 0.2) is 60.9 Å². The summed E-state index contributed by atoms with van der Waals surface area (Å²) >= 11 is 6.14. The van der Waals surface area contributed by atoms with E-state index >= 15 is 0 Å². The molecule has 94 valence electrons. The number of benzene rings is 2. The summed E-state index contributed by atoms with van der Waals surface area (Å²) in [6.45, 7) is 0. The van der Waals surface area contributed by atoms with Crippen molar-refractivity contribution in [2.75, 3.05) is 0 Å². The van der Waals surface area contributed by atoms with E-state index in [4.69, 9.17) is 11.6 Å². The SMILES string of the molecule is OC(c1ccccc1Cl)c1cncc2ccccc12. The first-order valence-electron chi connectivity index (χ1n) is 6.02. The molecule has 3 heteroatoms. The van der Waals surface area contributed by atoms with Crippen molar-refractivity contribution in [3.63, 3.8) is 0 Å². The van der Waals surface area contributed by atoms with Gasteiger partial charge in [0.2, 0.25) is 0 Å². The summed E-state index contributed by atoms with van der Waals surface area (Å²) in [4.78, 5) is 4.19. The first-order chi connectivity index (χ1) is 9.27. The molecular formula is C16H12ClNO. The molecule has 0 amide bonds. The van der Waals surface area contributed by atoms with Crippen LogP contribution in [0.2, 0.25) is 5.02 Å². The highest BCUT2D eigenvalue weighted by atomic mass is 35.5. The van der Waals surface area contributed by atoms with Gasteiger partial charge in [0.05, 0.1) is 0 Å². The van der Waals surface area contributed by atoms with Gasteiger partial charge in [0, 0.05) is 33.9 Å². The summed E-state index contributed by atoms with van der Waals surface area (Å²) in [7, 11) is 0. The number of pyridine rings is 1. The lowest BCUT2D eigenvalue weighted by atomic mass is 9.98. The minimum atomic E-state index is -0.771. The van der Waals surface area contributed by atoms with Gasteiger partial charge in [-0.1, -0.05) is 54.1 Å². The Bertz CT molecular complexity index is 721. The lowest BCUT2D eigenvalue weighted by molar-refractivity contribution is 0.221. The minimum Gasteiger partial charge on any atom is -0.384 e. The van der Waals surface area contributed by atoms with Gasteiger partial charge in [-0.05, 0) is 11.5 Å². The van der Waals surface area contributed by atoms with Crippen molar-refractivity contribution in [3.8, 4) is 0 Å². The van der Waals surface area contributed by atoms with Crippen LogP contribution in [0.4, 0.5) is 0 Å². The molecule has 3 aromatic rings. The number of fused-ring (bicyclic) bond motifs is 1. The highest BCUT2D eigenvalue weighted by Crippen LogP contribution is 2.31. The topological polar surface area (TPSA) is 33.1 Å². The Kier molecular flexibility index (Phi) is 3.20.